The summed E-state index contributed by atoms with van der Waals surface area (Å²) in [6.07, 6.45) is 0. The highest BCUT2D eigenvalue weighted by atomic mass is 32.1. The highest BCUT2D eigenvalue weighted by molar-refractivity contribution is 7.10. The van der Waals surface area contributed by atoms with Gasteiger partial charge < -0.3 is 15.1 Å². The van der Waals surface area contributed by atoms with Gasteiger partial charge in [-0.3, -0.25) is 14.5 Å². The van der Waals surface area contributed by atoms with Crippen LogP contribution in [0.5, 0.6) is 0 Å². The maximum absolute atomic E-state index is 13.3. The second-order valence-electron chi connectivity index (χ2n) is 8.52. The van der Waals surface area contributed by atoms with Gasteiger partial charge in [0, 0.05) is 10.3 Å². The number of hydrogen-bond donors (Lipinski definition) is 2. The van der Waals surface area contributed by atoms with Crippen molar-refractivity contribution in [1.29, 1.82) is 0 Å². The number of fused-ring (bicyclic) bond motifs is 1. The number of imide groups is 1. The first-order valence-electron chi connectivity index (χ1n) is 10.9. The molecule has 3 heterocycles. The second kappa shape index (κ2) is 8.46. The number of carbonyl (C=O) groups excluding carboxylic acids is 3. The fourth-order valence-corrected chi connectivity index (χ4v) is 4.92. The molecule has 7 nitrogen and oxygen atoms in total. The molecule has 2 N–H and O–H groups in total. The fourth-order valence-electron chi connectivity index (χ4n) is 4.12. The van der Waals surface area contributed by atoms with Crippen LogP contribution >= 0.6 is 11.3 Å². The van der Waals surface area contributed by atoms with Crippen molar-refractivity contribution in [2.75, 3.05) is 6.54 Å². The maximum Gasteiger partial charge on any atom is 0.325 e. The van der Waals surface area contributed by atoms with Crippen LogP contribution < -0.4 is 10.6 Å². The third-order valence-electron chi connectivity index (χ3n) is 6.04. The van der Waals surface area contributed by atoms with Gasteiger partial charge >= 0.3 is 6.03 Å². The molecule has 0 unspecified atom stereocenters. The van der Waals surface area contributed by atoms with Crippen molar-refractivity contribution in [3.63, 3.8) is 0 Å². The molecule has 2 aromatic carbocycles. The standard InChI is InChI=1S/C26H23N3O4S/c1-16-9-11-17(12-10-16)23(20-8-5-13-34-20)27-22(30)15-29-24(31)26(2,28-25(29)32)21-14-18-6-3-4-7-19(18)33-21/h3-14,23H,15H2,1-2H3,(H,27,30)(H,28,32)/t23-,26+/m1/s1. The van der Waals surface area contributed by atoms with E-state index in [2.05, 4.69) is 10.6 Å². The molecule has 1 fully saturated rings. The first kappa shape index (κ1) is 21.9. The van der Waals surface area contributed by atoms with Crippen LogP contribution in [0.15, 0.2) is 76.5 Å². The maximum atomic E-state index is 13.3. The molecule has 1 aliphatic rings. The van der Waals surface area contributed by atoms with Crippen molar-refractivity contribution in [2.24, 2.45) is 0 Å². The van der Waals surface area contributed by atoms with Gasteiger partial charge in [0.05, 0.1) is 6.04 Å². The Kier molecular flexibility index (Phi) is 5.45. The number of para-hydroxylation sites is 1. The summed E-state index contributed by atoms with van der Waals surface area (Å²) in [5.74, 6) is -0.642. The molecule has 4 aromatic rings. The largest absolute Gasteiger partial charge is 0.458 e. The van der Waals surface area contributed by atoms with Crippen molar-refractivity contribution < 1.29 is 18.8 Å². The van der Waals surface area contributed by atoms with Crippen LogP contribution in [-0.4, -0.2) is 29.3 Å². The van der Waals surface area contributed by atoms with Gasteiger partial charge in [0.15, 0.2) is 5.54 Å². The van der Waals surface area contributed by atoms with Gasteiger partial charge in [0.25, 0.3) is 5.91 Å². The number of benzene rings is 2. The van der Waals surface area contributed by atoms with E-state index in [-0.39, 0.29) is 6.04 Å². The highest BCUT2D eigenvalue weighted by Gasteiger charge is 2.51. The van der Waals surface area contributed by atoms with Gasteiger partial charge in [0.1, 0.15) is 17.9 Å². The smallest absolute Gasteiger partial charge is 0.325 e. The van der Waals surface area contributed by atoms with Crippen LogP contribution in [0.3, 0.4) is 0 Å². The Morgan fingerprint density at radius 1 is 1.12 bits per heavy atom. The summed E-state index contributed by atoms with van der Waals surface area (Å²) in [6, 6.07) is 19.9. The van der Waals surface area contributed by atoms with E-state index in [1.807, 2.05) is 66.9 Å². The number of aryl methyl sites for hydroxylation is 1. The zero-order chi connectivity index (χ0) is 23.9. The summed E-state index contributed by atoms with van der Waals surface area (Å²) < 4.78 is 5.85. The van der Waals surface area contributed by atoms with Crippen LogP contribution in [-0.2, 0) is 15.1 Å². The minimum Gasteiger partial charge on any atom is -0.458 e. The van der Waals surface area contributed by atoms with E-state index in [0.717, 1.165) is 26.3 Å². The normalized spacial score (nSPS) is 18.8. The third-order valence-corrected chi connectivity index (χ3v) is 6.98. The number of urea groups is 1. The average Bonchev–Trinajstić information content (AvgIpc) is 3.55. The van der Waals surface area contributed by atoms with E-state index >= 15 is 0 Å². The molecule has 1 aliphatic heterocycles. The molecular formula is C26H23N3O4S. The number of nitrogens with zero attached hydrogens (tertiary/aromatic N) is 1. The molecule has 2 aromatic heterocycles. The number of thiophene rings is 1. The lowest BCUT2D eigenvalue weighted by atomic mass is 9.99. The van der Waals surface area contributed by atoms with Crippen molar-refractivity contribution in [3.8, 4) is 0 Å². The summed E-state index contributed by atoms with van der Waals surface area (Å²) in [6.45, 7) is 3.19. The van der Waals surface area contributed by atoms with Gasteiger partial charge in [0.2, 0.25) is 5.91 Å². The van der Waals surface area contributed by atoms with E-state index < -0.39 is 29.9 Å². The lowest BCUT2D eigenvalue weighted by molar-refractivity contribution is -0.135. The Bertz CT molecular complexity index is 1340. The predicted molar refractivity (Wildman–Crippen MR) is 129 cm³/mol. The third kappa shape index (κ3) is 3.86. The van der Waals surface area contributed by atoms with Crippen molar-refractivity contribution in [3.05, 3.63) is 93.9 Å². The lowest BCUT2D eigenvalue weighted by Crippen LogP contribution is -2.43. The number of hydrogen-bond acceptors (Lipinski definition) is 5. The molecule has 2 atom stereocenters. The Balaban J connectivity index is 1.36. The van der Waals surface area contributed by atoms with E-state index in [0.29, 0.717) is 11.3 Å². The molecule has 34 heavy (non-hydrogen) atoms. The highest BCUT2D eigenvalue weighted by Crippen LogP contribution is 2.33. The monoisotopic (exact) mass is 473 g/mol. The van der Waals surface area contributed by atoms with E-state index in [9.17, 15) is 14.4 Å². The summed E-state index contributed by atoms with van der Waals surface area (Å²) in [5, 5.41) is 8.45. The quantitative estimate of drug-likeness (QED) is 0.404. The average molecular weight is 474 g/mol. The lowest BCUT2D eigenvalue weighted by Gasteiger charge is -2.21. The summed E-state index contributed by atoms with van der Waals surface area (Å²) in [7, 11) is 0. The summed E-state index contributed by atoms with van der Waals surface area (Å²) in [5.41, 5.74) is 1.27. The summed E-state index contributed by atoms with van der Waals surface area (Å²) >= 11 is 1.53. The first-order chi connectivity index (χ1) is 16.3. The van der Waals surface area contributed by atoms with Crippen LogP contribution in [0.1, 0.15) is 34.7 Å². The molecule has 0 spiro atoms. The van der Waals surface area contributed by atoms with Crippen LogP contribution in [0.25, 0.3) is 11.0 Å². The number of amides is 4. The van der Waals surface area contributed by atoms with Crippen molar-refractivity contribution in [2.45, 2.75) is 25.4 Å². The Labute approximate surface area is 200 Å². The Morgan fingerprint density at radius 2 is 1.88 bits per heavy atom. The van der Waals surface area contributed by atoms with E-state index in [1.165, 1.54) is 11.3 Å². The number of nitrogens with one attached hydrogen (secondary N) is 2. The van der Waals surface area contributed by atoms with Crippen molar-refractivity contribution >= 4 is 40.2 Å². The number of carbonyl (C=O) groups is 3. The van der Waals surface area contributed by atoms with Crippen LogP contribution in [0.4, 0.5) is 4.79 Å². The van der Waals surface area contributed by atoms with E-state index in [4.69, 9.17) is 4.42 Å². The molecule has 0 saturated carbocycles. The SMILES string of the molecule is Cc1ccc([C@@H](NC(=O)CN2C(=O)N[C@@](C)(c3cc4ccccc4o3)C2=O)c2cccs2)cc1. The van der Waals surface area contributed by atoms with Crippen LogP contribution in [0.2, 0.25) is 0 Å². The topological polar surface area (TPSA) is 91.7 Å². The zero-order valence-corrected chi connectivity index (χ0v) is 19.5. The predicted octanol–water partition coefficient (Wildman–Crippen LogP) is 4.48. The molecule has 172 valence electrons. The molecule has 0 aliphatic carbocycles. The number of furan rings is 1. The van der Waals surface area contributed by atoms with Gasteiger partial charge in [-0.25, -0.2) is 4.79 Å². The van der Waals surface area contributed by atoms with Gasteiger partial charge in [-0.05, 0) is 43.0 Å². The molecule has 8 heteroatoms. The molecule has 1 saturated heterocycles. The summed E-state index contributed by atoms with van der Waals surface area (Å²) in [4.78, 5) is 40.9. The Morgan fingerprint density at radius 3 is 2.59 bits per heavy atom. The fraction of sp³-hybridized carbons (Fsp3) is 0.192. The first-order valence-corrected chi connectivity index (χ1v) is 11.8. The Hall–Kier alpha value is -3.91. The molecule has 0 radical (unpaired) electrons. The molecule has 4 amide bonds. The number of rotatable bonds is 6. The van der Waals surface area contributed by atoms with Gasteiger partial charge in [-0.1, -0.05) is 54.1 Å². The van der Waals surface area contributed by atoms with Gasteiger partial charge in [-0.2, -0.15) is 0 Å². The minimum atomic E-state index is -1.39. The van der Waals surface area contributed by atoms with E-state index in [1.54, 1.807) is 19.1 Å². The minimum absolute atomic E-state index is 0.325. The molecule has 0 bridgehead atoms. The van der Waals surface area contributed by atoms with Crippen LogP contribution in [0, 0.1) is 6.92 Å². The molecular weight excluding hydrogens is 450 g/mol. The van der Waals surface area contributed by atoms with Crippen molar-refractivity contribution in [1.82, 2.24) is 15.5 Å². The molecule has 5 rings (SSSR count). The zero-order valence-electron chi connectivity index (χ0n) is 18.7. The second-order valence-corrected chi connectivity index (χ2v) is 9.50. The van der Waals surface area contributed by atoms with Gasteiger partial charge in [-0.15, -0.1) is 11.3 Å².